The molecule has 1 aliphatic rings. The fourth-order valence-corrected chi connectivity index (χ4v) is 2.70. The lowest BCUT2D eigenvalue weighted by Crippen LogP contribution is -2.20. The molecule has 3 nitrogen and oxygen atoms in total. The van der Waals surface area contributed by atoms with Crippen LogP contribution in [0.4, 0.5) is 0 Å². The molecule has 0 bridgehead atoms. The van der Waals surface area contributed by atoms with Crippen molar-refractivity contribution in [1.29, 1.82) is 0 Å². The molecule has 20 heavy (non-hydrogen) atoms. The molecule has 2 atom stereocenters. The normalized spacial score (nSPS) is 22.4. The average Bonchev–Trinajstić information content (AvgIpc) is 2.75. The summed E-state index contributed by atoms with van der Waals surface area (Å²) in [5.74, 6) is 8.10. The summed E-state index contributed by atoms with van der Waals surface area (Å²) in [5, 5.41) is 8.86. The molecule has 1 aromatic rings. The molecule has 0 aliphatic carbocycles. The quantitative estimate of drug-likeness (QED) is 0.856. The fraction of sp³-hybridized carbons (Fsp3) is 0.529. The number of benzene rings is 1. The zero-order chi connectivity index (χ0) is 14.5. The van der Waals surface area contributed by atoms with Crippen LogP contribution in [0.5, 0.6) is 5.75 Å². The summed E-state index contributed by atoms with van der Waals surface area (Å²) in [4.78, 5) is 2.47. The van der Waals surface area contributed by atoms with Gasteiger partial charge in [0, 0.05) is 25.2 Å². The topological polar surface area (TPSA) is 32.7 Å². The predicted molar refractivity (Wildman–Crippen MR) is 80.6 cm³/mol. The van der Waals surface area contributed by atoms with Gasteiger partial charge < -0.3 is 9.84 Å². The molecular weight excluding hydrogens is 250 g/mol. The van der Waals surface area contributed by atoms with Gasteiger partial charge >= 0.3 is 0 Å². The molecule has 3 heteroatoms. The van der Waals surface area contributed by atoms with Crippen LogP contribution in [0.25, 0.3) is 0 Å². The van der Waals surface area contributed by atoms with Crippen LogP contribution in [0, 0.1) is 23.7 Å². The second-order valence-corrected chi connectivity index (χ2v) is 5.63. The van der Waals surface area contributed by atoms with E-state index in [-0.39, 0.29) is 6.61 Å². The monoisotopic (exact) mass is 273 g/mol. The van der Waals surface area contributed by atoms with E-state index in [0.29, 0.717) is 0 Å². The van der Waals surface area contributed by atoms with E-state index in [2.05, 4.69) is 36.7 Å². The third-order valence-electron chi connectivity index (χ3n) is 4.07. The fourth-order valence-electron chi connectivity index (χ4n) is 2.70. The molecule has 108 valence electrons. The number of aliphatic hydroxyl groups excluding tert-OH is 1. The second kappa shape index (κ2) is 6.78. The summed E-state index contributed by atoms with van der Waals surface area (Å²) in [6.07, 6.45) is 0. The molecule has 0 radical (unpaired) electrons. The number of rotatable bonds is 3. The van der Waals surface area contributed by atoms with Gasteiger partial charge in [-0.2, -0.15) is 0 Å². The van der Waals surface area contributed by atoms with Gasteiger partial charge in [0.15, 0.2) is 0 Å². The van der Waals surface area contributed by atoms with Crippen molar-refractivity contribution in [2.75, 3.05) is 26.8 Å². The largest absolute Gasteiger partial charge is 0.497 e. The van der Waals surface area contributed by atoms with Crippen molar-refractivity contribution in [3.63, 3.8) is 0 Å². The first kappa shape index (κ1) is 14.9. The van der Waals surface area contributed by atoms with Crippen LogP contribution >= 0.6 is 0 Å². The van der Waals surface area contributed by atoms with Crippen LogP contribution in [-0.4, -0.2) is 36.8 Å². The molecule has 1 N–H and O–H groups in total. The van der Waals surface area contributed by atoms with Gasteiger partial charge in [0.25, 0.3) is 0 Å². The van der Waals surface area contributed by atoms with Gasteiger partial charge in [0.2, 0.25) is 0 Å². The summed E-state index contributed by atoms with van der Waals surface area (Å²) in [7, 11) is 1.68. The Morgan fingerprint density at radius 2 is 2.00 bits per heavy atom. The standard InChI is InChI=1S/C17H23NO2/c1-13-10-18(11-14(13)2)12-16-9-17(20-3)7-6-15(16)5-4-8-19/h6-7,9,13-14,19H,8,10-12H2,1-3H3. The SMILES string of the molecule is COc1ccc(C#CCO)c(CN2CC(C)C(C)C2)c1. The van der Waals surface area contributed by atoms with Crippen LogP contribution < -0.4 is 4.74 Å². The molecule has 1 aliphatic heterocycles. The molecule has 0 saturated carbocycles. The number of ether oxygens (including phenoxy) is 1. The maximum Gasteiger partial charge on any atom is 0.119 e. The highest BCUT2D eigenvalue weighted by Gasteiger charge is 2.26. The highest BCUT2D eigenvalue weighted by Crippen LogP contribution is 2.26. The summed E-state index contributed by atoms with van der Waals surface area (Å²) < 4.78 is 5.30. The first-order chi connectivity index (χ1) is 9.63. The van der Waals surface area contributed by atoms with Crippen molar-refractivity contribution in [3.8, 4) is 17.6 Å². The Bertz CT molecular complexity index is 505. The maximum atomic E-state index is 8.86. The van der Waals surface area contributed by atoms with Crippen molar-refractivity contribution < 1.29 is 9.84 Å². The molecule has 1 aromatic carbocycles. The molecule has 0 amide bonds. The highest BCUT2D eigenvalue weighted by molar-refractivity contribution is 5.45. The van der Waals surface area contributed by atoms with E-state index in [1.807, 2.05) is 12.1 Å². The zero-order valence-electron chi connectivity index (χ0n) is 12.5. The average molecular weight is 273 g/mol. The minimum Gasteiger partial charge on any atom is -0.497 e. The second-order valence-electron chi connectivity index (χ2n) is 5.63. The van der Waals surface area contributed by atoms with Gasteiger partial charge in [-0.15, -0.1) is 0 Å². The van der Waals surface area contributed by atoms with Crippen LogP contribution in [-0.2, 0) is 6.54 Å². The Kier molecular flexibility index (Phi) is 5.05. The van der Waals surface area contributed by atoms with Crippen molar-refractivity contribution in [2.45, 2.75) is 20.4 Å². The lowest BCUT2D eigenvalue weighted by atomic mass is 10.0. The van der Waals surface area contributed by atoms with Crippen molar-refractivity contribution in [3.05, 3.63) is 29.3 Å². The zero-order valence-corrected chi connectivity index (χ0v) is 12.5. The number of methoxy groups -OCH3 is 1. The third kappa shape index (κ3) is 3.53. The van der Waals surface area contributed by atoms with Gasteiger partial charge in [-0.3, -0.25) is 4.90 Å². The Morgan fingerprint density at radius 1 is 1.30 bits per heavy atom. The van der Waals surface area contributed by atoms with E-state index in [9.17, 15) is 0 Å². The Balaban J connectivity index is 2.19. The highest BCUT2D eigenvalue weighted by atomic mass is 16.5. The Hall–Kier alpha value is -1.50. The lowest BCUT2D eigenvalue weighted by molar-refractivity contribution is 0.315. The van der Waals surface area contributed by atoms with E-state index in [0.717, 1.165) is 42.8 Å². The number of likely N-dealkylation sites (tertiary alicyclic amines) is 1. The van der Waals surface area contributed by atoms with E-state index in [4.69, 9.17) is 9.84 Å². The van der Waals surface area contributed by atoms with Gasteiger partial charge in [0.05, 0.1) is 7.11 Å². The van der Waals surface area contributed by atoms with Crippen LogP contribution in [0.15, 0.2) is 18.2 Å². The van der Waals surface area contributed by atoms with E-state index in [1.54, 1.807) is 7.11 Å². The Morgan fingerprint density at radius 3 is 2.60 bits per heavy atom. The van der Waals surface area contributed by atoms with Crippen molar-refractivity contribution in [2.24, 2.45) is 11.8 Å². The van der Waals surface area contributed by atoms with Gasteiger partial charge in [-0.25, -0.2) is 0 Å². The predicted octanol–water partition coefficient (Wildman–Crippen LogP) is 2.13. The summed E-state index contributed by atoms with van der Waals surface area (Å²) >= 11 is 0. The Labute approximate surface area is 121 Å². The summed E-state index contributed by atoms with van der Waals surface area (Å²) in [6.45, 7) is 7.66. The van der Waals surface area contributed by atoms with Crippen molar-refractivity contribution >= 4 is 0 Å². The number of aliphatic hydroxyl groups is 1. The minimum atomic E-state index is -0.108. The number of hydrogen-bond donors (Lipinski definition) is 1. The summed E-state index contributed by atoms with van der Waals surface area (Å²) in [6, 6.07) is 5.94. The minimum absolute atomic E-state index is 0.108. The molecule has 0 aromatic heterocycles. The van der Waals surface area contributed by atoms with Crippen LogP contribution in [0.3, 0.4) is 0 Å². The molecule has 2 rings (SSSR count). The molecule has 0 spiro atoms. The number of nitrogens with zero attached hydrogens (tertiary/aromatic N) is 1. The van der Waals surface area contributed by atoms with Crippen molar-refractivity contribution in [1.82, 2.24) is 4.90 Å². The van der Waals surface area contributed by atoms with E-state index < -0.39 is 0 Å². The number of hydrogen-bond acceptors (Lipinski definition) is 3. The van der Waals surface area contributed by atoms with Gasteiger partial charge in [0.1, 0.15) is 12.4 Å². The molecular formula is C17H23NO2. The maximum absolute atomic E-state index is 8.86. The molecule has 1 fully saturated rings. The summed E-state index contributed by atoms with van der Waals surface area (Å²) in [5.41, 5.74) is 2.15. The molecule has 1 saturated heterocycles. The van der Waals surface area contributed by atoms with Crippen LogP contribution in [0.1, 0.15) is 25.0 Å². The first-order valence-corrected chi connectivity index (χ1v) is 7.13. The first-order valence-electron chi connectivity index (χ1n) is 7.13. The smallest absolute Gasteiger partial charge is 0.119 e. The molecule has 2 unspecified atom stereocenters. The van der Waals surface area contributed by atoms with E-state index in [1.165, 1.54) is 5.56 Å². The van der Waals surface area contributed by atoms with Gasteiger partial charge in [-0.05, 0) is 35.6 Å². The molecule has 1 heterocycles. The lowest BCUT2D eigenvalue weighted by Gasteiger charge is -2.17. The van der Waals surface area contributed by atoms with Gasteiger partial charge in [-0.1, -0.05) is 25.7 Å². The van der Waals surface area contributed by atoms with Crippen LogP contribution in [0.2, 0.25) is 0 Å². The van der Waals surface area contributed by atoms with E-state index >= 15 is 0 Å². The third-order valence-corrected chi connectivity index (χ3v) is 4.07.